The van der Waals surface area contributed by atoms with Crippen molar-refractivity contribution < 1.29 is 4.79 Å². The molecule has 1 aliphatic rings. The first-order valence-corrected chi connectivity index (χ1v) is 9.12. The monoisotopic (exact) mass is 333 g/mol. The smallest absolute Gasteiger partial charge is 0.251 e. The summed E-state index contributed by atoms with van der Waals surface area (Å²) in [6, 6.07) is 16.2. The van der Waals surface area contributed by atoms with Crippen LogP contribution < -0.4 is 5.32 Å². The molecule has 2 aromatic carbocycles. The highest BCUT2D eigenvalue weighted by Gasteiger charge is 2.15. The summed E-state index contributed by atoms with van der Waals surface area (Å²) >= 11 is 0. The number of rotatable bonds is 5. The number of fused-ring (bicyclic) bond motifs is 3. The molecule has 4 heteroatoms. The lowest BCUT2D eigenvalue weighted by atomic mass is 10.1. The molecule has 0 fully saturated rings. The molecule has 3 aromatic rings. The van der Waals surface area contributed by atoms with Gasteiger partial charge in [-0.3, -0.25) is 4.79 Å². The predicted octanol–water partition coefficient (Wildman–Crippen LogP) is 3.74. The highest BCUT2D eigenvalue weighted by molar-refractivity contribution is 5.97. The minimum atomic E-state index is -0.0130. The average molecular weight is 333 g/mol. The van der Waals surface area contributed by atoms with Gasteiger partial charge < -0.3 is 9.88 Å². The lowest BCUT2D eigenvalue weighted by Gasteiger charge is -2.13. The maximum atomic E-state index is 12.4. The van der Waals surface area contributed by atoms with Gasteiger partial charge in [-0.1, -0.05) is 30.3 Å². The standard InChI is InChI=1S/C21H23N3O/c25-21(22-13-6-9-16-7-2-1-3-8-16)17-11-12-19-18(15-17)23-20-10-4-5-14-24(19)20/h1-3,7-8,11-12,15H,4-6,9-10,13-14H2,(H,22,25). The Hall–Kier alpha value is -2.62. The van der Waals surface area contributed by atoms with Gasteiger partial charge in [0.25, 0.3) is 5.91 Å². The maximum absolute atomic E-state index is 12.4. The van der Waals surface area contributed by atoms with E-state index in [1.165, 1.54) is 18.4 Å². The summed E-state index contributed by atoms with van der Waals surface area (Å²) in [5.41, 5.74) is 4.09. The number of hydrogen-bond donors (Lipinski definition) is 1. The van der Waals surface area contributed by atoms with E-state index >= 15 is 0 Å². The number of imidazole rings is 1. The van der Waals surface area contributed by atoms with E-state index in [2.05, 4.69) is 22.0 Å². The predicted molar refractivity (Wildman–Crippen MR) is 99.8 cm³/mol. The van der Waals surface area contributed by atoms with E-state index in [1.54, 1.807) is 0 Å². The van der Waals surface area contributed by atoms with E-state index in [1.807, 2.05) is 36.4 Å². The summed E-state index contributed by atoms with van der Waals surface area (Å²) in [6.07, 6.45) is 5.38. The Morgan fingerprint density at radius 2 is 2.00 bits per heavy atom. The fourth-order valence-electron chi connectivity index (χ4n) is 3.56. The van der Waals surface area contributed by atoms with Crippen LogP contribution >= 0.6 is 0 Å². The van der Waals surface area contributed by atoms with Gasteiger partial charge in [0.15, 0.2) is 0 Å². The summed E-state index contributed by atoms with van der Waals surface area (Å²) in [4.78, 5) is 17.1. The molecule has 0 radical (unpaired) electrons. The van der Waals surface area contributed by atoms with E-state index in [0.29, 0.717) is 12.1 Å². The molecule has 4 rings (SSSR count). The average Bonchev–Trinajstić information content (AvgIpc) is 3.03. The van der Waals surface area contributed by atoms with Crippen molar-refractivity contribution in [2.45, 2.75) is 38.6 Å². The Kier molecular flexibility index (Phi) is 4.51. The van der Waals surface area contributed by atoms with Crippen molar-refractivity contribution in [1.29, 1.82) is 0 Å². The number of benzene rings is 2. The number of aromatic nitrogens is 2. The first kappa shape index (κ1) is 15.9. The molecule has 1 amide bonds. The molecular weight excluding hydrogens is 310 g/mol. The molecule has 2 heterocycles. The van der Waals surface area contributed by atoms with Gasteiger partial charge in [-0.05, 0) is 49.4 Å². The molecule has 1 aromatic heterocycles. The second-order valence-electron chi connectivity index (χ2n) is 6.69. The van der Waals surface area contributed by atoms with Crippen LogP contribution in [-0.4, -0.2) is 22.0 Å². The van der Waals surface area contributed by atoms with Crippen molar-refractivity contribution in [3.63, 3.8) is 0 Å². The largest absolute Gasteiger partial charge is 0.352 e. The van der Waals surface area contributed by atoms with Crippen molar-refractivity contribution in [1.82, 2.24) is 14.9 Å². The number of hydrogen-bond acceptors (Lipinski definition) is 2. The molecule has 1 aliphatic heterocycles. The van der Waals surface area contributed by atoms with E-state index in [0.717, 1.165) is 42.7 Å². The summed E-state index contributed by atoms with van der Waals surface area (Å²) in [5.74, 6) is 1.14. The van der Waals surface area contributed by atoms with Crippen LogP contribution in [0.4, 0.5) is 0 Å². The minimum Gasteiger partial charge on any atom is -0.352 e. The molecule has 4 nitrogen and oxygen atoms in total. The van der Waals surface area contributed by atoms with Crippen molar-refractivity contribution >= 4 is 16.9 Å². The third-order valence-electron chi connectivity index (χ3n) is 4.89. The van der Waals surface area contributed by atoms with E-state index in [-0.39, 0.29) is 5.91 Å². The highest BCUT2D eigenvalue weighted by Crippen LogP contribution is 2.23. The third kappa shape index (κ3) is 3.43. The number of aryl methyl sites for hydroxylation is 3. The fraction of sp³-hybridized carbons (Fsp3) is 0.333. The van der Waals surface area contributed by atoms with Crippen molar-refractivity contribution in [2.24, 2.45) is 0 Å². The molecular formula is C21H23N3O. The van der Waals surface area contributed by atoms with Gasteiger partial charge in [0.1, 0.15) is 5.82 Å². The van der Waals surface area contributed by atoms with Crippen LogP contribution in [-0.2, 0) is 19.4 Å². The van der Waals surface area contributed by atoms with Gasteiger partial charge in [0, 0.05) is 25.1 Å². The Bertz CT molecular complexity index is 883. The Balaban J connectivity index is 1.38. The summed E-state index contributed by atoms with van der Waals surface area (Å²) < 4.78 is 2.29. The number of nitrogens with zero attached hydrogens (tertiary/aromatic N) is 2. The van der Waals surface area contributed by atoms with E-state index in [4.69, 9.17) is 4.98 Å². The van der Waals surface area contributed by atoms with Crippen molar-refractivity contribution in [3.8, 4) is 0 Å². The Morgan fingerprint density at radius 1 is 1.12 bits per heavy atom. The molecule has 1 N–H and O–H groups in total. The zero-order chi connectivity index (χ0) is 17.1. The Morgan fingerprint density at radius 3 is 2.88 bits per heavy atom. The number of carbonyl (C=O) groups is 1. The van der Waals surface area contributed by atoms with Gasteiger partial charge in [0.05, 0.1) is 11.0 Å². The zero-order valence-corrected chi connectivity index (χ0v) is 14.4. The molecule has 0 atom stereocenters. The van der Waals surface area contributed by atoms with Gasteiger partial charge in [-0.2, -0.15) is 0 Å². The van der Waals surface area contributed by atoms with Crippen LogP contribution in [0.15, 0.2) is 48.5 Å². The normalized spacial score (nSPS) is 13.6. The third-order valence-corrected chi connectivity index (χ3v) is 4.89. The van der Waals surface area contributed by atoms with Crippen molar-refractivity contribution in [2.75, 3.05) is 6.54 Å². The zero-order valence-electron chi connectivity index (χ0n) is 14.4. The minimum absolute atomic E-state index is 0.0130. The van der Waals surface area contributed by atoms with E-state index in [9.17, 15) is 4.79 Å². The van der Waals surface area contributed by atoms with Crippen LogP contribution in [0.2, 0.25) is 0 Å². The first-order valence-electron chi connectivity index (χ1n) is 9.12. The van der Waals surface area contributed by atoms with Gasteiger partial charge in [-0.25, -0.2) is 4.98 Å². The molecule has 128 valence electrons. The van der Waals surface area contributed by atoms with Crippen LogP contribution in [0, 0.1) is 0 Å². The SMILES string of the molecule is O=C(NCCCc1ccccc1)c1ccc2c(c1)nc1n2CCCC1. The number of nitrogens with one attached hydrogen (secondary N) is 1. The number of amides is 1. The lowest BCUT2D eigenvalue weighted by Crippen LogP contribution is -2.24. The summed E-state index contributed by atoms with van der Waals surface area (Å²) in [7, 11) is 0. The van der Waals surface area contributed by atoms with E-state index < -0.39 is 0 Å². The van der Waals surface area contributed by atoms with Crippen molar-refractivity contribution in [3.05, 3.63) is 65.5 Å². The molecule has 0 aliphatic carbocycles. The topological polar surface area (TPSA) is 46.9 Å². The summed E-state index contributed by atoms with van der Waals surface area (Å²) in [5, 5.41) is 3.02. The molecule has 0 saturated heterocycles. The maximum Gasteiger partial charge on any atom is 0.251 e. The molecule has 0 unspecified atom stereocenters. The number of carbonyl (C=O) groups excluding carboxylic acids is 1. The van der Waals surface area contributed by atoms with Gasteiger partial charge in [0.2, 0.25) is 0 Å². The fourth-order valence-corrected chi connectivity index (χ4v) is 3.56. The molecule has 0 spiro atoms. The molecule has 0 saturated carbocycles. The van der Waals surface area contributed by atoms with Crippen LogP contribution in [0.25, 0.3) is 11.0 Å². The molecule has 25 heavy (non-hydrogen) atoms. The Labute approximate surface area is 147 Å². The van der Waals surface area contributed by atoms with Crippen LogP contribution in [0.5, 0.6) is 0 Å². The second-order valence-corrected chi connectivity index (χ2v) is 6.69. The second kappa shape index (κ2) is 7.09. The van der Waals surface area contributed by atoms with Crippen LogP contribution in [0.3, 0.4) is 0 Å². The molecule has 0 bridgehead atoms. The van der Waals surface area contributed by atoms with Crippen LogP contribution in [0.1, 0.15) is 41.0 Å². The first-order chi connectivity index (χ1) is 12.3. The van der Waals surface area contributed by atoms with Gasteiger partial charge >= 0.3 is 0 Å². The quantitative estimate of drug-likeness (QED) is 0.723. The lowest BCUT2D eigenvalue weighted by molar-refractivity contribution is 0.0953. The highest BCUT2D eigenvalue weighted by atomic mass is 16.1. The summed E-state index contributed by atoms with van der Waals surface area (Å²) in [6.45, 7) is 1.72. The van der Waals surface area contributed by atoms with Gasteiger partial charge in [-0.15, -0.1) is 0 Å².